The Hall–Kier alpha value is -3.95. The third-order valence-electron chi connectivity index (χ3n) is 4.20. The van der Waals surface area contributed by atoms with Gasteiger partial charge in [0.1, 0.15) is 17.3 Å². The predicted molar refractivity (Wildman–Crippen MR) is 105 cm³/mol. The van der Waals surface area contributed by atoms with Gasteiger partial charge in [-0.1, -0.05) is 11.3 Å². The van der Waals surface area contributed by atoms with Crippen molar-refractivity contribution in [2.75, 3.05) is 7.11 Å². The van der Waals surface area contributed by atoms with Crippen LogP contribution in [0.15, 0.2) is 48.5 Å². The molecule has 1 heterocycles. The van der Waals surface area contributed by atoms with E-state index in [9.17, 15) is 14.0 Å². The highest BCUT2D eigenvalue weighted by Crippen LogP contribution is 2.18. The quantitative estimate of drug-likeness (QED) is 0.598. The average Bonchev–Trinajstić information content (AvgIpc) is 3.14. The molecule has 0 saturated carbocycles. The van der Waals surface area contributed by atoms with Gasteiger partial charge in [-0.3, -0.25) is 20.4 Å². The lowest BCUT2D eigenvalue weighted by Gasteiger charge is -2.14. The Balaban J connectivity index is 1.61. The molecule has 0 spiro atoms. The lowest BCUT2D eigenvalue weighted by Crippen LogP contribution is -2.47. The molecule has 0 aliphatic carbocycles. The number of hydrogen-bond acceptors (Lipinski definition) is 6. The molecule has 2 amide bonds. The number of rotatable bonds is 6. The number of nitrogens with zero attached hydrogens (tertiary/aromatic N) is 3. The third-order valence-corrected chi connectivity index (χ3v) is 4.20. The molecule has 1 unspecified atom stereocenters. The maximum atomic E-state index is 12.9. The van der Waals surface area contributed by atoms with E-state index < -0.39 is 23.7 Å². The van der Waals surface area contributed by atoms with Crippen molar-refractivity contribution >= 4 is 11.8 Å². The lowest BCUT2D eigenvalue weighted by atomic mass is 10.2. The minimum atomic E-state index is -0.927. The number of nitrogens with one attached hydrogen (secondary N) is 2. The number of halogens is 1. The van der Waals surface area contributed by atoms with Crippen molar-refractivity contribution in [2.24, 2.45) is 0 Å². The van der Waals surface area contributed by atoms with Crippen LogP contribution in [0.1, 0.15) is 23.1 Å². The summed E-state index contributed by atoms with van der Waals surface area (Å²) in [5.41, 5.74) is 5.75. The van der Waals surface area contributed by atoms with Gasteiger partial charge >= 0.3 is 0 Å². The minimum Gasteiger partial charge on any atom is -0.497 e. The summed E-state index contributed by atoms with van der Waals surface area (Å²) in [5.74, 6) is -0.683. The Bertz CT molecular complexity index is 1050. The second-order valence-corrected chi connectivity index (χ2v) is 6.29. The summed E-state index contributed by atoms with van der Waals surface area (Å²) in [7, 11) is 1.55. The molecular weight excluding hydrogens is 393 g/mol. The first-order chi connectivity index (χ1) is 14.4. The summed E-state index contributed by atoms with van der Waals surface area (Å²) in [5, 5.41) is 7.88. The summed E-state index contributed by atoms with van der Waals surface area (Å²) in [6, 6.07) is 12.4. The number of carbonyl (C=O) groups excluding carboxylic acids is 2. The first-order valence-corrected chi connectivity index (χ1v) is 8.98. The summed E-state index contributed by atoms with van der Waals surface area (Å²) in [6.45, 7) is 3.17. The van der Waals surface area contributed by atoms with E-state index in [4.69, 9.17) is 9.47 Å². The molecule has 156 valence electrons. The molecule has 2 aromatic carbocycles. The Morgan fingerprint density at radius 1 is 1.10 bits per heavy atom. The van der Waals surface area contributed by atoms with E-state index >= 15 is 0 Å². The van der Waals surface area contributed by atoms with E-state index in [0.717, 1.165) is 0 Å². The second-order valence-electron chi connectivity index (χ2n) is 6.29. The zero-order valence-corrected chi connectivity index (χ0v) is 16.5. The molecule has 0 aliphatic heterocycles. The van der Waals surface area contributed by atoms with E-state index in [2.05, 4.69) is 21.2 Å². The van der Waals surface area contributed by atoms with E-state index in [1.807, 2.05) is 0 Å². The number of ether oxygens (including phenoxy) is 2. The van der Waals surface area contributed by atoms with Crippen molar-refractivity contribution in [1.29, 1.82) is 0 Å². The first-order valence-electron chi connectivity index (χ1n) is 8.98. The van der Waals surface area contributed by atoms with Gasteiger partial charge in [0.05, 0.1) is 18.5 Å². The Labute approximate surface area is 171 Å². The zero-order valence-electron chi connectivity index (χ0n) is 16.5. The van der Waals surface area contributed by atoms with Crippen LogP contribution in [-0.2, 0) is 4.79 Å². The number of benzene rings is 2. The fourth-order valence-corrected chi connectivity index (χ4v) is 2.58. The lowest BCUT2D eigenvalue weighted by molar-refractivity contribution is -0.128. The van der Waals surface area contributed by atoms with Crippen LogP contribution in [0.25, 0.3) is 5.69 Å². The maximum absolute atomic E-state index is 12.9. The molecule has 1 aromatic heterocycles. The van der Waals surface area contributed by atoms with Gasteiger partial charge in [-0.05, 0) is 50.2 Å². The van der Waals surface area contributed by atoms with Crippen molar-refractivity contribution in [3.05, 3.63) is 65.7 Å². The van der Waals surface area contributed by atoms with E-state index in [1.165, 1.54) is 35.9 Å². The minimum absolute atomic E-state index is 0.0465. The molecule has 3 aromatic rings. The molecule has 0 saturated heterocycles. The van der Waals surface area contributed by atoms with Crippen LogP contribution in [0.2, 0.25) is 0 Å². The summed E-state index contributed by atoms with van der Waals surface area (Å²) in [6.07, 6.45) is -0.927. The van der Waals surface area contributed by atoms with Crippen LogP contribution in [0, 0.1) is 12.7 Å². The number of aromatic nitrogens is 3. The van der Waals surface area contributed by atoms with Crippen molar-refractivity contribution in [3.63, 3.8) is 0 Å². The molecule has 0 aliphatic rings. The normalized spacial score (nSPS) is 11.5. The summed E-state index contributed by atoms with van der Waals surface area (Å²) >= 11 is 0. The molecule has 2 N–H and O–H groups in total. The van der Waals surface area contributed by atoms with Gasteiger partial charge in [0.2, 0.25) is 0 Å². The van der Waals surface area contributed by atoms with Gasteiger partial charge in [-0.2, -0.15) is 0 Å². The fraction of sp³-hybridized carbons (Fsp3) is 0.200. The molecule has 3 rings (SSSR count). The van der Waals surface area contributed by atoms with Crippen molar-refractivity contribution in [1.82, 2.24) is 25.8 Å². The van der Waals surface area contributed by atoms with Crippen molar-refractivity contribution < 1.29 is 23.5 Å². The number of hydrogen-bond donors (Lipinski definition) is 2. The van der Waals surface area contributed by atoms with Crippen LogP contribution in [0.5, 0.6) is 11.5 Å². The van der Waals surface area contributed by atoms with Gasteiger partial charge in [0.25, 0.3) is 11.8 Å². The average molecular weight is 413 g/mol. The van der Waals surface area contributed by atoms with E-state index in [-0.39, 0.29) is 5.69 Å². The summed E-state index contributed by atoms with van der Waals surface area (Å²) < 4.78 is 25.0. The van der Waals surface area contributed by atoms with Crippen LogP contribution in [0.3, 0.4) is 0 Å². The predicted octanol–water partition coefficient (Wildman–Crippen LogP) is 1.95. The smallest absolute Gasteiger partial charge is 0.292 e. The van der Waals surface area contributed by atoms with Crippen LogP contribution < -0.4 is 20.3 Å². The maximum Gasteiger partial charge on any atom is 0.292 e. The molecule has 30 heavy (non-hydrogen) atoms. The highest BCUT2D eigenvalue weighted by molar-refractivity contribution is 5.95. The summed E-state index contributed by atoms with van der Waals surface area (Å²) in [4.78, 5) is 24.6. The zero-order chi connectivity index (χ0) is 21.7. The van der Waals surface area contributed by atoms with E-state index in [0.29, 0.717) is 22.9 Å². The Morgan fingerprint density at radius 3 is 2.53 bits per heavy atom. The fourth-order valence-electron chi connectivity index (χ4n) is 2.58. The number of carbonyl (C=O) groups is 2. The Kier molecular flexibility index (Phi) is 6.26. The molecule has 10 heteroatoms. The van der Waals surface area contributed by atoms with Crippen LogP contribution in [0.4, 0.5) is 4.39 Å². The molecule has 0 bridgehead atoms. The molecule has 1 atom stereocenters. The highest BCUT2D eigenvalue weighted by Gasteiger charge is 2.20. The van der Waals surface area contributed by atoms with Crippen LogP contribution in [-0.4, -0.2) is 40.0 Å². The van der Waals surface area contributed by atoms with Gasteiger partial charge < -0.3 is 9.47 Å². The van der Waals surface area contributed by atoms with Crippen LogP contribution >= 0.6 is 0 Å². The molecular formula is C20H20FN5O4. The number of hydrazine groups is 1. The SMILES string of the molecule is COc1cccc(-n2nnc(C(=O)NNC(=O)C(C)Oc3ccc(F)cc3)c2C)c1. The molecule has 0 fully saturated rings. The highest BCUT2D eigenvalue weighted by atomic mass is 19.1. The van der Waals surface area contributed by atoms with E-state index in [1.54, 1.807) is 38.3 Å². The Morgan fingerprint density at radius 2 is 1.83 bits per heavy atom. The number of amides is 2. The monoisotopic (exact) mass is 413 g/mol. The number of methoxy groups -OCH3 is 1. The third kappa shape index (κ3) is 4.72. The van der Waals surface area contributed by atoms with Crippen molar-refractivity contribution in [2.45, 2.75) is 20.0 Å². The van der Waals surface area contributed by atoms with Crippen molar-refractivity contribution in [3.8, 4) is 17.2 Å². The second kappa shape index (κ2) is 9.03. The molecule has 0 radical (unpaired) electrons. The van der Waals surface area contributed by atoms with Gasteiger partial charge in [0, 0.05) is 6.07 Å². The first kappa shape index (κ1) is 20.8. The molecule has 9 nitrogen and oxygen atoms in total. The standard InChI is InChI=1S/C20H20FN5O4/c1-12-18(22-25-26(12)15-5-4-6-17(11-15)29-3)20(28)24-23-19(27)13(2)30-16-9-7-14(21)8-10-16/h4-11,13H,1-3H3,(H,23,27)(H,24,28). The van der Waals surface area contributed by atoms with Gasteiger partial charge in [0.15, 0.2) is 11.8 Å². The van der Waals surface area contributed by atoms with Gasteiger partial charge in [-0.15, -0.1) is 5.10 Å². The topological polar surface area (TPSA) is 107 Å². The van der Waals surface area contributed by atoms with Gasteiger partial charge in [-0.25, -0.2) is 9.07 Å². The largest absolute Gasteiger partial charge is 0.497 e.